The smallest absolute Gasteiger partial charge is 0.244 e. The van der Waals surface area contributed by atoms with E-state index in [2.05, 4.69) is 4.98 Å². The lowest BCUT2D eigenvalue weighted by atomic mass is 10.1. The highest BCUT2D eigenvalue weighted by Gasteiger charge is 2.05. The predicted octanol–water partition coefficient (Wildman–Crippen LogP) is 2.68. The molecule has 0 aliphatic carbocycles. The van der Waals surface area contributed by atoms with Gasteiger partial charge in [-0.1, -0.05) is 35.6 Å². The van der Waals surface area contributed by atoms with Gasteiger partial charge in [0, 0.05) is 0 Å². The molecule has 2 aromatic carbocycles. The van der Waals surface area contributed by atoms with Gasteiger partial charge in [-0.3, -0.25) is 4.79 Å². The largest absolute Gasteiger partial charge is 0.277 e. The van der Waals surface area contributed by atoms with Gasteiger partial charge in [0.2, 0.25) is 4.74 Å². The number of hydrogen-bond acceptors (Lipinski definition) is 4. The Balaban J connectivity index is 2.53. The predicted molar refractivity (Wildman–Crippen MR) is 68.1 cm³/mol. The van der Waals surface area contributed by atoms with E-state index in [4.69, 9.17) is 5.26 Å². The van der Waals surface area contributed by atoms with Crippen molar-refractivity contribution in [3.63, 3.8) is 0 Å². The van der Waals surface area contributed by atoms with Crippen LogP contribution in [0.3, 0.4) is 0 Å². The molecule has 0 aliphatic heterocycles. The van der Waals surface area contributed by atoms with E-state index in [0.717, 1.165) is 22.1 Å². The molecule has 17 heavy (non-hydrogen) atoms. The normalized spacial score (nSPS) is 10.5. The van der Waals surface area contributed by atoms with E-state index >= 15 is 0 Å². The minimum atomic E-state index is -0.114. The lowest BCUT2D eigenvalue weighted by Gasteiger charge is -2.00. The third-order valence-electron chi connectivity index (χ3n) is 2.59. The van der Waals surface area contributed by atoms with Crippen molar-refractivity contribution in [3.05, 3.63) is 50.9 Å². The molecule has 0 saturated heterocycles. The molecule has 0 radical (unpaired) electrons. The van der Waals surface area contributed by atoms with Crippen LogP contribution in [0, 0.1) is 11.3 Å². The maximum absolute atomic E-state index is 11.8. The van der Waals surface area contributed by atoms with E-state index in [9.17, 15) is 4.79 Å². The minimum absolute atomic E-state index is 0.114. The minimum Gasteiger partial charge on any atom is -0.277 e. The van der Waals surface area contributed by atoms with Gasteiger partial charge in [0.15, 0.2) is 5.01 Å². The molecule has 0 atom stereocenters. The Morgan fingerprint density at radius 3 is 2.59 bits per heavy atom. The maximum atomic E-state index is 11.8. The first kappa shape index (κ1) is 9.94. The summed E-state index contributed by atoms with van der Waals surface area (Å²) in [6.07, 6.45) is 0. The van der Waals surface area contributed by atoms with Gasteiger partial charge < -0.3 is 0 Å². The van der Waals surface area contributed by atoms with Gasteiger partial charge in [0.05, 0.1) is 10.9 Å². The highest BCUT2D eigenvalue weighted by molar-refractivity contribution is 7.10. The Labute approximate surface area is 101 Å². The van der Waals surface area contributed by atoms with Gasteiger partial charge in [-0.05, 0) is 22.9 Å². The summed E-state index contributed by atoms with van der Waals surface area (Å²) >= 11 is 0.888. The molecular weight excluding hydrogens is 232 g/mol. The van der Waals surface area contributed by atoms with Crippen molar-refractivity contribution in [2.24, 2.45) is 0 Å². The second kappa shape index (κ2) is 3.65. The first-order valence-corrected chi connectivity index (χ1v) is 5.83. The van der Waals surface area contributed by atoms with Crippen molar-refractivity contribution in [2.45, 2.75) is 0 Å². The molecule has 1 aromatic heterocycles. The summed E-state index contributed by atoms with van der Waals surface area (Å²) in [6.45, 7) is 0. The Bertz CT molecular complexity index is 830. The fourth-order valence-corrected chi connectivity index (χ4v) is 2.45. The monoisotopic (exact) mass is 238 g/mol. The molecule has 0 spiro atoms. The number of hydrogen-bond donors (Lipinski definition) is 0. The lowest BCUT2D eigenvalue weighted by Crippen LogP contribution is -1.98. The van der Waals surface area contributed by atoms with Gasteiger partial charge in [0.1, 0.15) is 6.07 Å². The van der Waals surface area contributed by atoms with Gasteiger partial charge in [0.25, 0.3) is 0 Å². The van der Waals surface area contributed by atoms with Crippen molar-refractivity contribution < 1.29 is 0 Å². The quantitative estimate of drug-likeness (QED) is 0.566. The molecule has 80 valence electrons. The first-order valence-electron chi connectivity index (χ1n) is 5.02. The number of aromatic nitrogens is 1. The number of benzene rings is 2. The van der Waals surface area contributed by atoms with Crippen LogP contribution < -0.4 is 4.74 Å². The fraction of sp³-hybridized carbons (Fsp3) is 0. The second-order valence-electron chi connectivity index (χ2n) is 3.63. The third-order valence-corrected chi connectivity index (χ3v) is 3.37. The lowest BCUT2D eigenvalue weighted by molar-refractivity contribution is 1.39. The van der Waals surface area contributed by atoms with Crippen LogP contribution in [0.4, 0.5) is 0 Å². The molecule has 0 aliphatic rings. The topological polar surface area (TPSA) is 53.8 Å². The Morgan fingerprint density at radius 1 is 1.18 bits per heavy atom. The number of nitriles is 1. The molecule has 0 fully saturated rings. The van der Waals surface area contributed by atoms with Crippen LogP contribution in [-0.2, 0) is 0 Å². The number of nitrogens with zero attached hydrogens (tertiary/aromatic N) is 2. The highest BCUT2D eigenvalue weighted by atomic mass is 32.1. The van der Waals surface area contributed by atoms with Crippen LogP contribution in [0.15, 0.2) is 41.2 Å². The van der Waals surface area contributed by atoms with Gasteiger partial charge >= 0.3 is 0 Å². The summed E-state index contributed by atoms with van der Waals surface area (Å²) in [7, 11) is 0. The highest BCUT2D eigenvalue weighted by Crippen LogP contribution is 2.20. The van der Waals surface area contributed by atoms with Crippen LogP contribution in [0.25, 0.3) is 21.7 Å². The van der Waals surface area contributed by atoms with Crippen molar-refractivity contribution in [1.29, 1.82) is 5.26 Å². The van der Waals surface area contributed by atoms with E-state index in [1.807, 2.05) is 42.5 Å². The summed E-state index contributed by atoms with van der Waals surface area (Å²) in [5.41, 5.74) is 0.587. The number of fused-ring (bicyclic) bond motifs is 2. The van der Waals surface area contributed by atoms with E-state index in [-0.39, 0.29) is 9.75 Å². The van der Waals surface area contributed by atoms with Crippen molar-refractivity contribution in [3.8, 4) is 6.07 Å². The molecule has 0 amide bonds. The molecule has 3 rings (SSSR count). The van der Waals surface area contributed by atoms with E-state index in [1.54, 1.807) is 0 Å². The number of rotatable bonds is 0. The SMILES string of the molecule is N#Cc1nc2cc3ccccc3cc2c(=O)s1. The van der Waals surface area contributed by atoms with Crippen molar-refractivity contribution >= 4 is 33.0 Å². The van der Waals surface area contributed by atoms with Crippen LogP contribution in [0.2, 0.25) is 0 Å². The van der Waals surface area contributed by atoms with Crippen LogP contribution in [-0.4, -0.2) is 4.98 Å². The van der Waals surface area contributed by atoms with Gasteiger partial charge in [-0.25, -0.2) is 4.98 Å². The van der Waals surface area contributed by atoms with E-state index < -0.39 is 0 Å². The third kappa shape index (κ3) is 1.57. The van der Waals surface area contributed by atoms with E-state index in [0.29, 0.717) is 10.9 Å². The maximum Gasteiger partial charge on any atom is 0.244 e. The van der Waals surface area contributed by atoms with Crippen LogP contribution in [0.5, 0.6) is 0 Å². The summed E-state index contributed by atoms with van der Waals surface area (Å²) in [4.78, 5) is 16.0. The van der Waals surface area contributed by atoms with Gasteiger partial charge in [-0.2, -0.15) is 5.26 Å². The Kier molecular flexibility index (Phi) is 2.13. The van der Waals surface area contributed by atoms with Gasteiger partial charge in [-0.15, -0.1) is 0 Å². The summed E-state index contributed by atoms with van der Waals surface area (Å²) < 4.78 is -0.114. The Hall–Kier alpha value is -2.25. The average molecular weight is 238 g/mol. The fourth-order valence-electron chi connectivity index (χ4n) is 1.81. The van der Waals surface area contributed by atoms with E-state index in [1.165, 1.54) is 0 Å². The van der Waals surface area contributed by atoms with Crippen LogP contribution >= 0.6 is 11.3 Å². The zero-order valence-corrected chi connectivity index (χ0v) is 9.49. The summed E-state index contributed by atoms with van der Waals surface area (Å²) in [5.74, 6) is 0. The molecule has 0 unspecified atom stereocenters. The first-order chi connectivity index (χ1) is 8.28. The zero-order chi connectivity index (χ0) is 11.8. The Morgan fingerprint density at radius 2 is 1.88 bits per heavy atom. The molecule has 0 N–H and O–H groups in total. The molecule has 0 bridgehead atoms. The zero-order valence-electron chi connectivity index (χ0n) is 8.68. The van der Waals surface area contributed by atoms with Crippen molar-refractivity contribution in [1.82, 2.24) is 4.98 Å². The van der Waals surface area contributed by atoms with Crippen LogP contribution in [0.1, 0.15) is 5.01 Å². The second-order valence-corrected chi connectivity index (χ2v) is 4.60. The molecular formula is C13H6N2OS. The molecule has 4 heteroatoms. The standard InChI is InChI=1S/C13H6N2OS/c14-7-12-15-11-6-9-4-2-1-3-8(9)5-10(11)13(16)17-12/h1-6H. The molecule has 3 aromatic rings. The molecule has 3 nitrogen and oxygen atoms in total. The van der Waals surface area contributed by atoms with Crippen molar-refractivity contribution in [2.75, 3.05) is 0 Å². The molecule has 1 heterocycles. The molecule has 0 saturated carbocycles. The summed E-state index contributed by atoms with van der Waals surface area (Å²) in [5, 5.41) is 11.6. The summed E-state index contributed by atoms with van der Waals surface area (Å²) in [6, 6.07) is 13.4. The average Bonchev–Trinajstić information content (AvgIpc) is 2.36.